The summed E-state index contributed by atoms with van der Waals surface area (Å²) >= 11 is 0. The lowest BCUT2D eigenvalue weighted by atomic mass is 9.97. The summed E-state index contributed by atoms with van der Waals surface area (Å²) in [6.07, 6.45) is 4.44. The first-order valence-corrected chi connectivity index (χ1v) is 8.35. The fraction of sp³-hybridized carbons (Fsp3) is 0.733. The van der Waals surface area contributed by atoms with Crippen LogP contribution in [0.3, 0.4) is 0 Å². The lowest BCUT2D eigenvalue weighted by Crippen LogP contribution is -2.42. The fourth-order valence-corrected chi connectivity index (χ4v) is 3.30. The lowest BCUT2D eigenvalue weighted by Gasteiger charge is -2.31. The quantitative estimate of drug-likeness (QED) is 0.802. The van der Waals surface area contributed by atoms with Crippen LogP contribution in [0.1, 0.15) is 49.2 Å². The molecule has 3 amide bonds. The normalized spacial score (nSPS) is 25.9. The van der Waals surface area contributed by atoms with Crippen molar-refractivity contribution in [3.63, 3.8) is 0 Å². The minimum atomic E-state index is -0.282. The van der Waals surface area contributed by atoms with E-state index in [1.807, 2.05) is 0 Å². The van der Waals surface area contributed by atoms with Gasteiger partial charge in [0.2, 0.25) is 11.8 Å². The van der Waals surface area contributed by atoms with Gasteiger partial charge < -0.3 is 14.7 Å². The second kappa shape index (κ2) is 5.92. The zero-order valence-electron chi connectivity index (χ0n) is 13.0. The van der Waals surface area contributed by atoms with Crippen LogP contribution in [0.2, 0.25) is 0 Å². The number of carbonyl (C=O) groups is 2. The van der Waals surface area contributed by atoms with Gasteiger partial charge in [-0.2, -0.15) is 4.98 Å². The molecule has 2 aliphatic heterocycles. The van der Waals surface area contributed by atoms with E-state index >= 15 is 0 Å². The van der Waals surface area contributed by atoms with Crippen molar-refractivity contribution in [1.82, 2.24) is 25.3 Å². The van der Waals surface area contributed by atoms with Crippen LogP contribution >= 0.6 is 0 Å². The molecule has 124 valence electrons. The molecule has 8 heteroatoms. The number of rotatable bonds is 5. The molecule has 3 heterocycles. The summed E-state index contributed by atoms with van der Waals surface area (Å²) in [6, 6.07) is -0.282. The number of carbonyl (C=O) groups excluding carboxylic acids is 2. The molecule has 0 unspecified atom stereocenters. The molecule has 0 bridgehead atoms. The predicted molar refractivity (Wildman–Crippen MR) is 79.8 cm³/mol. The van der Waals surface area contributed by atoms with Gasteiger partial charge in [0.15, 0.2) is 5.82 Å². The number of imide groups is 1. The molecule has 2 saturated heterocycles. The van der Waals surface area contributed by atoms with Crippen molar-refractivity contribution < 1.29 is 14.1 Å². The van der Waals surface area contributed by atoms with E-state index in [4.69, 9.17) is 4.52 Å². The number of hydrogen-bond donors (Lipinski definition) is 1. The summed E-state index contributed by atoms with van der Waals surface area (Å²) in [6.45, 7) is 3.09. The summed E-state index contributed by atoms with van der Waals surface area (Å²) in [7, 11) is 0. The van der Waals surface area contributed by atoms with E-state index in [-0.39, 0.29) is 24.4 Å². The zero-order chi connectivity index (χ0) is 15.8. The average molecular weight is 319 g/mol. The summed E-state index contributed by atoms with van der Waals surface area (Å²) in [5.74, 6) is 2.22. The SMILES string of the molecule is O=C1CNC(=O)N1CCN1CCC[C@@H](c2noc(C3CC3)n2)C1. The van der Waals surface area contributed by atoms with Gasteiger partial charge in [-0.3, -0.25) is 9.69 Å². The van der Waals surface area contributed by atoms with Crippen molar-refractivity contribution in [2.75, 3.05) is 32.7 Å². The first kappa shape index (κ1) is 14.6. The summed E-state index contributed by atoms with van der Waals surface area (Å²) in [4.78, 5) is 31.3. The minimum Gasteiger partial charge on any atom is -0.339 e. The van der Waals surface area contributed by atoms with Gasteiger partial charge in [-0.05, 0) is 32.2 Å². The molecular formula is C15H21N5O3. The number of likely N-dealkylation sites (tertiary alicyclic amines) is 1. The Kier molecular flexibility index (Phi) is 3.76. The Morgan fingerprint density at radius 3 is 2.78 bits per heavy atom. The van der Waals surface area contributed by atoms with E-state index < -0.39 is 0 Å². The molecule has 0 radical (unpaired) electrons. The first-order valence-electron chi connectivity index (χ1n) is 8.35. The van der Waals surface area contributed by atoms with Gasteiger partial charge in [0.1, 0.15) is 0 Å². The van der Waals surface area contributed by atoms with Gasteiger partial charge in [0.05, 0.1) is 6.54 Å². The van der Waals surface area contributed by atoms with Gasteiger partial charge >= 0.3 is 6.03 Å². The fourth-order valence-electron chi connectivity index (χ4n) is 3.30. The van der Waals surface area contributed by atoms with Crippen molar-refractivity contribution in [3.05, 3.63) is 11.7 Å². The Hall–Kier alpha value is -1.96. The van der Waals surface area contributed by atoms with Crippen LogP contribution in [0.15, 0.2) is 4.52 Å². The molecule has 1 aromatic heterocycles. The summed E-state index contributed by atoms with van der Waals surface area (Å²) < 4.78 is 5.36. The molecule has 3 fully saturated rings. The highest BCUT2D eigenvalue weighted by molar-refractivity contribution is 6.01. The van der Waals surface area contributed by atoms with Gasteiger partial charge in [-0.25, -0.2) is 4.79 Å². The molecule has 3 aliphatic rings. The molecule has 0 spiro atoms. The number of nitrogens with one attached hydrogen (secondary N) is 1. The van der Waals surface area contributed by atoms with Crippen LogP contribution in [-0.2, 0) is 4.79 Å². The van der Waals surface area contributed by atoms with Crippen LogP contribution in [0.25, 0.3) is 0 Å². The lowest BCUT2D eigenvalue weighted by molar-refractivity contribution is -0.125. The molecule has 4 rings (SSSR count). The molecule has 1 saturated carbocycles. The predicted octanol–water partition coefficient (Wildman–Crippen LogP) is 0.678. The third-order valence-corrected chi connectivity index (χ3v) is 4.83. The zero-order valence-corrected chi connectivity index (χ0v) is 13.0. The van der Waals surface area contributed by atoms with Gasteiger partial charge in [0.25, 0.3) is 0 Å². The molecule has 8 nitrogen and oxygen atoms in total. The summed E-state index contributed by atoms with van der Waals surface area (Å²) in [5.41, 5.74) is 0. The van der Waals surface area contributed by atoms with Crippen molar-refractivity contribution in [1.29, 1.82) is 0 Å². The first-order chi connectivity index (χ1) is 11.2. The highest BCUT2D eigenvalue weighted by Crippen LogP contribution is 2.39. The average Bonchev–Trinajstić information content (AvgIpc) is 3.21. The highest BCUT2D eigenvalue weighted by atomic mass is 16.5. The van der Waals surface area contributed by atoms with Crippen molar-refractivity contribution in [3.8, 4) is 0 Å². The smallest absolute Gasteiger partial charge is 0.324 e. The van der Waals surface area contributed by atoms with E-state index in [2.05, 4.69) is 20.4 Å². The third kappa shape index (κ3) is 3.08. The topological polar surface area (TPSA) is 91.6 Å². The van der Waals surface area contributed by atoms with Crippen molar-refractivity contribution in [2.45, 2.75) is 37.5 Å². The number of nitrogens with zero attached hydrogens (tertiary/aromatic N) is 4. The Morgan fingerprint density at radius 1 is 1.17 bits per heavy atom. The minimum absolute atomic E-state index is 0.119. The second-order valence-corrected chi connectivity index (χ2v) is 6.61. The van der Waals surface area contributed by atoms with Gasteiger partial charge in [-0.15, -0.1) is 0 Å². The summed E-state index contributed by atoms with van der Waals surface area (Å²) in [5, 5.41) is 6.70. The van der Waals surface area contributed by atoms with Gasteiger partial charge in [0, 0.05) is 31.5 Å². The van der Waals surface area contributed by atoms with E-state index in [1.54, 1.807) is 0 Å². The molecule has 1 N–H and O–H groups in total. The van der Waals surface area contributed by atoms with Crippen LogP contribution < -0.4 is 5.32 Å². The molecule has 1 atom stereocenters. The number of aromatic nitrogens is 2. The number of hydrogen-bond acceptors (Lipinski definition) is 6. The largest absolute Gasteiger partial charge is 0.339 e. The molecule has 1 aliphatic carbocycles. The second-order valence-electron chi connectivity index (χ2n) is 6.61. The van der Waals surface area contributed by atoms with Crippen LogP contribution in [0, 0.1) is 0 Å². The number of amides is 3. The Labute approximate surface area is 134 Å². The third-order valence-electron chi connectivity index (χ3n) is 4.83. The van der Waals surface area contributed by atoms with E-state index in [9.17, 15) is 9.59 Å². The molecule has 1 aromatic rings. The van der Waals surface area contributed by atoms with E-state index in [0.29, 0.717) is 19.0 Å². The molecule has 23 heavy (non-hydrogen) atoms. The van der Waals surface area contributed by atoms with Crippen molar-refractivity contribution in [2.24, 2.45) is 0 Å². The maximum atomic E-state index is 11.6. The number of urea groups is 1. The highest BCUT2D eigenvalue weighted by Gasteiger charge is 2.33. The van der Waals surface area contributed by atoms with Crippen LogP contribution in [-0.4, -0.2) is 64.6 Å². The van der Waals surface area contributed by atoms with Crippen LogP contribution in [0.4, 0.5) is 4.79 Å². The van der Waals surface area contributed by atoms with Gasteiger partial charge in [-0.1, -0.05) is 5.16 Å². The Morgan fingerprint density at radius 2 is 2.04 bits per heavy atom. The Balaban J connectivity index is 1.33. The number of piperidine rings is 1. The molecular weight excluding hydrogens is 298 g/mol. The van der Waals surface area contributed by atoms with Crippen molar-refractivity contribution >= 4 is 11.9 Å². The maximum Gasteiger partial charge on any atom is 0.324 e. The Bertz CT molecular complexity index is 596. The van der Waals surface area contributed by atoms with E-state index in [0.717, 1.165) is 50.5 Å². The maximum absolute atomic E-state index is 11.6. The van der Waals surface area contributed by atoms with Crippen LogP contribution in [0.5, 0.6) is 0 Å². The van der Waals surface area contributed by atoms with E-state index in [1.165, 1.54) is 4.90 Å². The standard InChI is InChI=1S/C15H21N5O3/c21-12-8-16-15(22)20(12)7-6-19-5-1-2-11(9-19)13-17-14(23-18-13)10-3-4-10/h10-11H,1-9H2,(H,16,22)/t11-/m1/s1. The monoisotopic (exact) mass is 319 g/mol. The molecule has 0 aromatic carbocycles.